The van der Waals surface area contributed by atoms with Crippen molar-refractivity contribution in [2.75, 3.05) is 13.1 Å². The Morgan fingerprint density at radius 3 is 2.62 bits per heavy atom. The van der Waals surface area contributed by atoms with Gasteiger partial charge >= 0.3 is 6.03 Å². The van der Waals surface area contributed by atoms with Gasteiger partial charge < -0.3 is 20.3 Å². The highest BCUT2D eigenvalue weighted by Gasteiger charge is 2.12. The molecular weight excluding hydrogens is 304 g/mol. The number of imidazole rings is 1. The van der Waals surface area contributed by atoms with E-state index >= 15 is 0 Å². The molecule has 0 aliphatic rings. The number of benzene rings is 1. The average Bonchev–Trinajstić information content (AvgIpc) is 2.96. The summed E-state index contributed by atoms with van der Waals surface area (Å²) in [5, 5.41) is 15.7. The van der Waals surface area contributed by atoms with E-state index in [2.05, 4.69) is 27.1 Å². The summed E-state index contributed by atoms with van der Waals surface area (Å²) < 4.78 is 2.06. The van der Waals surface area contributed by atoms with Crippen molar-refractivity contribution in [2.24, 2.45) is 5.92 Å². The number of carbonyl (C=O) groups is 1. The van der Waals surface area contributed by atoms with E-state index in [1.165, 1.54) is 0 Å². The maximum Gasteiger partial charge on any atom is 0.314 e. The van der Waals surface area contributed by atoms with Gasteiger partial charge in [-0.2, -0.15) is 0 Å². The zero-order valence-electron chi connectivity index (χ0n) is 14.5. The van der Waals surface area contributed by atoms with Crippen molar-refractivity contribution >= 4 is 6.03 Å². The molecule has 1 aromatic heterocycles. The van der Waals surface area contributed by atoms with Crippen LogP contribution in [-0.4, -0.2) is 33.8 Å². The van der Waals surface area contributed by atoms with E-state index in [9.17, 15) is 9.90 Å². The number of aliphatic hydroxyl groups is 1. The number of aryl methyl sites for hydroxylation is 2. The Morgan fingerprint density at radius 1 is 1.25 bits per heavy atom. The van der Waals surface area contributed by atoms with Crippen LogP contribution in [0.2, 0.25) is 0 Å². The second-order valence-corrected chi connectivity index (χ2v) is 6.20. The fourth-order valence-electron chi connectivity index (χ4n) is 2.59. The lowest BCUT2D eigenvalue weighted by Gasteiger charge is -2.17. The van der Waals surface area contributed by atoms with Crippen LogP contribution in [0.4, 0.5) is 4.79 Å². The standard InChI is InChI=1S/C18H26N4O2/c1-13(12-22-9-8-19-15(22)3)10-20-18(24)21-11-17(23)16-7-5-4-6-14(16)2/h4-9,13,17,23H,10-12H2,1-3H3,(H2,20,21,24). The molecule has 24 heavy (non-hydrogen) atoms. The van der Waals surface area contributed by atoms with Crippen molar-refractivity contribution in [2.45, 2.75) is 33.4 Å². The summed E-state index contributed by atoms with van der Waals surface area (Å²) in [5.41, 5.74) is 1.85. The summed E-state index contributed by atoms with van der Waals surface area (Å²) in [6.07, 6.45) is 3.00. The molecule has 0 saturated heterocycles. The molecule has 0 aliphatic carbocycles. The van der Waals surface area contributed by atoms with Gasteiger partial charge in [0.15, 0.2) is 0 Å². The summed E-state index contributed by atoms with van der Waals surface area (Å²) >= 11 is 0. The quantitative estimate of drug-likeness (QED) is 0.728. The Morgan fingerprint density at radius 2 is 1.96 bits per heavy atom. The van der Waals surface area contributed by atoms with Gasteiger partial charge in [0.05, 0.1) is 6.10 Å². The van der Waals surface area contributed by atoms with E-state index in [1.54, 1.807) is 6.20 Å². The number of hydrogen-bond acceptors (Lipinski definition) is 3. The molecule has 0 spiro atoms. The zero-order valence-corrected chi connectivity index (χ0v) is 14.5. The summed E-state index contributed by atoms with van der Waals surface area (Å²) in [4.78, 5) is 16.1. The Balaban J connectivity index is 1.71. The van der Waals surface area contributed by atoms with Gasteiger partial charge in [0.25, 0.3) is 0 Å². The Hall–Kier alpha value is -2.34. The Kier molecular flexibility index (Phi) is 6.37. The van der Waals surface area contributed by atoms with Crippen LogP contribution in [0, 0.1) is 19.8 Å². The first kappa shape index (κ1) is 18.0. The maximum absolute atomic E-state index is 11.9. The van der Waals surface area contributed by atoms with Crippen molar-refractivity contribution in [1.29, 1.82) is 0 Å². The van der Waals surface area contributed by atoms with Crippen LogP contribution in [0.1, 0.15) is 30.0 Å². The van der Waals surface area contributed by atoms with Crippen molar-refractivity contribution in [3.8, 4) is 0 Å². The smallest absolute Gasteiger partial charge is 0.314 e. The number of aliphatic hydroxyl groups excluding tert-OH is 1. The van der Waals surface area contributed by atoms with Crippen LogP contribution in [0.15, 0.2) is 36.7 Å². The molecule has 6 nitrogen and oxygen atoms in total. The summed E-state index contributed by atoms with van der Waals surface area (Å²) in [5.74, 6) is 1.25. The molecule has 0 saturated carbocycles. The zero-order chi connectivity index (χ0) is 17.5. The number of carbonyl (C=O) groups excluding carboxylic acids is 1. The Labute approximate surface area is 142 Å². The molecule has 0 aliphatic heterocycles. The predicted molar refractivity (Wildman–Crippen MR) is 93.7 cm³/mol. The Bertz CT molecular complexity index is 669. The number of aromatic nitrogens is 2. The predicted octanol–water partition coefficient (Wildman–Crippen LogP) is 2.17. The van der Waals surface area contributed by atoms with Crippen LogP contribution in [0.3, 0.4) is 0 Å². The lowest BCUT2D eigenvalue weighted by molar-refractivity contribution is 0.172. The summed E-state index contributed by atoms with van der Waals surface area (Å²) in [6, 6.07) is 7.35. The molecule has 2 amide bonds. The van der Waals surface area contributed by atoms with Gasteiger partial charge in [-0.1, -0.05) is 31.2 Å². The first-order valence-electron chi connectivity index (χ1n) is 8.20. The second kappa shape index (κ2) is 8.49. The molecule has 2 atom stereocenters. The highest BCUT2D eigenvalue weighted by molar-refractivity contribution is 5.73. The monoisotopic (exact) mass is 330 g/mol. The van der Waals surface area contributed by atoms with E-state index in [1.807, 2.05) is 44.3 Å². The molecule has 2 rings (SSSR count). The number of hydrogen-bond donors (Lipinski definition) is 3. The van der Waals surface area contributed by atoms with E-state index in [-0.39, 0.29) is 18.5 Å². The van der Waals surface area contributed by atoms with Crippen LogP contribution in [0.5, 0.6) is 0 Å². The van der Waals surface area contributed by atoms with Crippen molar-refractivity contribution in [3.05, 3.63) is 53.6 Å². The van der Waals surface area contributed by atoms with Crippen molar-refractivity contribution in [1.82, 2.24) is 20.2 Å². The molecule has 0 bridgehead atoms. The minimum absolute atomic E-state index is 0.186. The molecule has 3 N–H and O–H groups in total. The van der Waals surface area contributed by atoms with Gasteiger partial charge in [0.2, 0.25) is 0 Å². The fourth-order valence-corrected chi connectivity index (χ4v) is 2.59. The minimum Gasteiger partial charge on any atom is -0.387 e. The lowest BCUT2D eigenvalue weighted by Crippen LogP contribution is -2.40. The molecule has 130 valence electrons. The highest BCUT2D eigenvalue weighted by atomic mass is 16.3. The molecule has 0 fully saturated rings. The lowest BCUT2D eigenvalue weighted by atomic mass is 10.0. The van der Waals surface area contributed by atoms with Gasteiger partial charge in [-0.05, 0) is 30.9 Å². The topological polar surface area (TPSA) is 79.2 Å². The largest absolute Gasteiger partial charge is 0.387 e. The number of nitrogens with one attached hydrogen (secondary N) is 2. The third-order valence-corrected chi connectivity index (χ3v) is 4.05. The number of rotatable bonds is 7. The number of urea groups is 1. The third-order valence-electron chi connectivity index (χ3n) is 4.05. The third kappa shape index (κ3) is 5.09. The SMILES string of the molecule is Cc1ccccc1C(O)CNC(=O)NCC(C)Cn1ccnc1C. The van der Waals surface area contributed by atoms with E-state index < -0.39 is 6.10 Å². The van der Waals surface area contributed by atoms with Gasteiger partial charge in [0, 0.05) is 32.0 Å². The summed E-state index contributed by atoms with van der Waals surface area (Å²) in [6.45, 7) is 7.52. The number of amides is 2. The van der Waals surface area contributed by atoms with Crippen LogP contribution in [-0.2, 0) is 6.54 Å². The fraction of sp³-hybridized carbons (Fsp3) is 0.444. The molecule has 2 unspecified atom stereocenters. The van der Waals surface area contributed by atoms with E-state index in [0.29, 0.717) is 6.54 Å². The molecule has 2 aromatic rings. The molecule has 1 aromatic carbocycles. The number of nitrogens with zero attached hydrogens (tertiary/aromatic N) is 2. The molecule has 1 heterocycles. The molecular formula is C18H26N4O2. The second-order valence-electron chi connectivity index (χ2n) is 6.20. The molecule has 6 heteroatoms. The van der Waals surface area contributed by atoms with Crippen molar-refractivity contribution < 1.29 is 9.90 Å². The van der Waals surface area contributed by atoms with Crippen LogP contribution < -0.4 is 10.6 Å². The highest BCUT2D eigenvalue weighted by Crippen LogP contribution is 2.16. The normalized spacial score (nSPS) is 13.3. The van der Waals surface area contributed by atoms with Gasteiger partial charge in [-0.15, -0.1) is 0 Å². The van der Waals surface area contributed by atoms with Gasteiger partial charge in [0.1, 0.15) is 5.82 Å². The van der Waals surface area contributed by atoms with Crippen molar-refractivity contribution in [3.63, 3.8) is 0 Å². The van der Waals surface area contributed by atoms with E-state index in [0.717, 1.165) is 23.5 Å². The van der Waals surface area contributed by atoms with Gasteiger partial charge in [-0.25, -0.2) is 9.78 Å². The summed E-state index contributed by atoms with van der Waals surface area (Å²) in [7, 11) is 0. The first-order chi connectivity index (χ1) is 11.5. The first-order valence-corrected chi connectivity index (χ1v) is 8.20. The minimum atomic E-state index is -0.706. The molecule has 0 radical (unpaired) electrons. The van der Waals surface area contributed by atoms with Gasteiger partial charge in [-0.3, -0.25) is 0 Å². The van der Waals surface area contributed by atoms with E-state index in [4.69, 9.17) is 0 Å². The van der Waals surface area contributed by atoms with Crippen LogP contribution >= 0.6 is 0 Å². The average molecular weight is 330 g/mol. The van der Waals surface area contributed by atoms with Crippen LogP contribution in [0.25, 0.3) is 0 Å². The maximum atomic E-state index is 11.9.